The topological polar surface area (TPSA) is 38.3 Å². The SMILES string of the molecule is O=C(CCc1ccc(-c2ccccc2)cc1)NC[C@@H]1CCCCO1. The molecule has 0 bridgehead atoms. The molecular weight excluding hydrogens is 298 g/mol. The van der Waals surface area contributed by atoms with Crippen molar-refractivity contribution in [3.05, 3.63) is 60.2 Å². The van der Waals surface area contributed by atoms with Gasteiger partial charge in [-0.3, -0.25) is 4.79 Å². The predicted octanol–water partition coefficient (Wildman–Crippen LogP) is 3.97. The molecule has 3 nitrogen and oxygen atoms in total. The Morgan fingerprint density at radius 2 is 1.75 bits per heavy atom. The van der Waals surface area contributed by atoms with Crippen LogP contribution in [0.3, 0.4) is 0 Å². The van der Waals surface area contributed by atoms with Gasteiger partial charge in [0.1, 0.15) is 0 Å². The molecule has 1 fully saturated rings. The standard InChI is InChI=1S/C21H25NO2/c23-21(22-16-20-8-4-5-15-24-20)14-11-17-9-12-19(13-10-17)18-6-2-1-3-7-18/h1-3,6-7,9-10,12-13,20H,4-5,8,11,14-16H2,(H,22,23)/t20-/m0/s1. The highest BCUT2D eigenvalue weighted by Crippen LogP contribution is 2.19. The van der Waals surface area contributed by atoms with E-state index in [2.05, 4.69) is 41.7 Å². The van der Waals surface area contributed by atoms with Crippen LogP contribution in [0.5, 0.6) is 0 Å². The minimum atomic E-state index is 0.108. The van der Waals surface area contributed by atoms with Crippen molar-refractivity contribution in [3.63, 3.8) is 0 Å². The number of rotatable bonds is 6. The van der Waals surface area contributed by atoms with Gasteiger partial charge in [0.2, 0.25) is 5.91 Å². The van der Waals surface area contributed by atoms with Crippen molar-refractivity contribution in [1.82, 2.24) is 5.32 Å². The molecule has 126 valence electrons. The van der Waals surface area contributed by atoms with Gasteiger partial charge in [0.05, 0.1) is 6.10 Å². The Morgan fingerprint density at radius 3 is 2.46 bits per heavy atom. The lowest BCUT2D eigenvalue weighted by atomic mass is 10.0. The summed E-state index contributed by atoms with van der Waals surface area (Å²) in [4.78, 5) is 12.0. The monoisotopic (exact) mass is 323 g/mol. The molecule has 0 unspecified atom stereocenters. The van der Waals surface area contributed by atoms with Gasteiger partial charge in [-0.05, 0) is 42.4 Å². The van der Waals surface area contributed by atoms with E-state index in [0.717, 1.165) is 25.9 Å². The summed E-state index contributed by atoms with van der Waals surface area (Å²) in [6.07, 6.45) is 4.90. The maximum absolute atomic E-state index is 12.0. The fourth-order valence-electron chi connectivity index (χ4n) is 3.04. The van der Waals surface area contributed by atoms with Crippen LogP contribution >= 0.6 is 0 Å². The van der Waals surface area contributed by atoms with E-state index in [9.17, 15) is 4.79 Å². The van der Waals surface area contributed by atoms with Crippen molar-refractivity contribution in [3.8, 4) is 11.1 Å². The number of aryl methyl sites for hydroxylation is 1. The van der Waals surface area contributed by atoms with E-state index in [1.165, 1.54) is 23.1 Å². The molecule has 1 saturated heterocycles. The number of ether oxygens (including phenoxy) is 1. The molecule has 0 saturated carbocycles. The van der Waals surface area contributed by atoms with E-state index < -0.39 is 0 Å². The van der Waals surface area contributed by atoms with Crippen LogP contribution < -0.4 is 5.32 Å². The van der Waals surface area contributed by atoms with E-state index in [0.29, 0.717) is 13.0 Å². The van der Waals surface area contributed by atoms with E-state index in [4.69, 9.17) is 4.74 Å². The fourth-order valence-corrected chi connectivity index (χ4v) is 3.04. The van der Waals surface area contributed by atoms with E-state index in [1.54, 1.807) is 0 Å². The van der Waals surface area contributed by atoms with E-state index in [1.807, 2.05) is 18.2 Å². The molecule has 3 heteroatoms. The van der Waals surface area contributed by atoms with Crippen molar-refractivity contribution in [2.24, 2.45) is 0 Å². The first-order chi connectivity index (χ1) is 11.8. The van der Waals surface area contributed by atoms with Crippen LogP contribution in [-0.4, -0.2) is 25.2 Å². The average molecular weight is 323 g/mol. The maximum atomic E-state index is 12.0. The number of carbonyl (C=O) groups excluding carboxylic acids is 1. The summed E-state index contributed by atoms with van der Waals surface area (Å²) in [6.45, 7) is 1.47. The highest BCUT2D eigenvalue weighted by Gasteiger charge is 2.14. The molecule has 0 aromatic heterocycles. The third-order valence-electron chi connectivity index (χ3n) is 4.50. The molecule has 1 atom stereocenters. The Balaban J connectivity index is 1.43. The van der Waals surface area contributed by atoms with Gasteiger partial charge in [0.15, 0.2) is 0 Å². The molecule has 1 aliphatic heterocycles. The fraction of sp³-hybridized carbons (Fsp3) is 0.381. The lowest BCUT2D eigenvalue weighted by Gasteiger charge is -2.22. The van der Waals surface area contributed by atoms with Gasteiger partial charge in [0, 0.05) is 19.6 Å². The minimum Gasteiger partial charge on any atom is -0.376 e. The highest BCUT2D eigenvalue weighted by molar-refractivity contribution is 5.76. The Bertz CT molecular complexity index is 631. The molecule has 1 heterocycles. The Hall–Kier alpha value is -2.13. The Morgan fingerprint density at radius 1 is 1.00 bits per heavy atom. The number of carbonyl (C=O) groups is 1. The van der Waals surface area contributed by atoms with Crippen molar-refractivity contribution in [1.29, 1.82) is 0 Å². The van der Waals surface area contributed by atoms with Gasteiger partial charge in [-0.2, -0.15) is 0 Å². The second-order valence-corrected chi connectivity index (χ2v) is 6.36. The number of nitrogens with one attached hydrogen (secondary N) is 1. The number of hydrogen-bond donors (Lipinski definition) is 1. The quantitative estimate of drug-likeness (QED) is 0.873. The van der Waals surface area contributed by atoms with E-state index >= 15 is 0 Å². The van der Waals surface area contributed by atoms with Crippen LogP contribution in [0.2, 0.25) is 0 Å². The van der Waals surface area contributed by atoms with Gasteiger partial charge in [-0.15, -0.1) is 0 Å². The molecule has 2 aromatic rings. The Labute approximate surface area is 144 Å². The lowest BCUT2D eigenvalue weighted by Crippen LogP contribution is -2.35. The summed E-state index contributed by atoms with van der Waals surface area (Å²) in [5.74, 6) is 0.108. The second-order valence-electron chi connectivity index (χ2n) is 6.36. The molecule has 0 spiro atoms. The summed E-state index contributed by atoms with van der Waals surface area (Å²) >= 11 is 0. The molecule has 0 radical (unpaired) electrons. The molecule has 3 rings (SSSR count). The summed E-state index contributed by atoms with van der Waals surface area (Å²) in [6, 6.07) is 18.8. The normalized spacial score (nSPS) is 17.4. The molecule has 1 aliphatic rings. The summed E-state index contributed by atoms with van der Waals surface area (Å²) < 4.78 is 5.63. The first-order valence-electron chi connectivity index (χ1n) is 8.84. The molecule has 1 N–H and O–H groups in total. The molecule has 2 aromatic carbocycles. The minimum absolute atomic E-state index is 0.108. The number of benzene rings is 2. The largest absolute Gasteiger partial charge is 0.376 e. The van der Waals surface area contributed by atoms with Crippen LogP contribution in [0.4, 0.5) is 0 Å². The Kier molecular flexibility index (Phi) is 6.02. The van der Waals surface area contributed by atoms with Crippen LogP contribution in [0, 0.1) is 0 Å². The third-order valence-corrected chi connectivity index (χ3v) is 4.50. The van der Waals surface area contributed by atoms with Crippen LogP contribution in [0.25, 0.3) is 11.1 Å². The van der Waals surface area contributed by atoms with Crippen LogP contribution in [0.1, 0.15) is 31.2 Å². The summed E-state index contributed by atoms with van der Waals surface area (Å²) in [5.41, 5.74) is 3.62. The van der Waals surface area contributed by atoms with Gasteiger partial charge < -0.3 is 10.1 Å². The zero-order valence-corrected chi connectivity index (χ0v) is 14.0. The van der Waals surface area contributed by atoms with Crippen molar-refractivity contribution in [2.75, 3.05) is 13.2 Å². The van der Waals surface area contributed by atoms with Gasteiger partial charge in [0.25, 0.3) is 0 Å². The van der Waals surface area contributed by atoms with Gasteiger partial charge >= 0.3 is 0 Å². The lowest BCUT2D eigenvalue weighted by molar-refractivity contribution is -0.122. The maximum Gasteiger partial charge on any atom is 0.220 e. The first kappa shape index (κ1) is 16.7. The molecular formula is C21H25NO2. The summed E-state index contributed by atoms with van der Waals surface area (Å²) in [5, 5.41) is 3.00. The van der Waals surface area contributed by atoms with Crippen molar-refractivity contribution >= 4 is 5.91 Å². The number of hydrogen-bond acceptors (Lipinski definition) is 2. The van der Waals surface area contributed by atoms with Gasteiger partial charge in [-0.25, -0.2) is 0 Å². The van der Waals surface area contributed by atoms with Crippen LogP contribution in [-0.2, 0) is 16.0 Å². The predicted molar refractivity (Wildman–Crippen MR) is 96.8 cm³/mol. The van der Waals surface area contributed by atoms with Gasteiger partial charge in [-0.1, -0.05) is 54.6 Å². The summed E-state index contributed by atoms with van der Waals surface area (Å²) in [7, 11) is 0. The average Bonchev–Trinajstić information content (AvgIpc) is 2.67. The molecule has 0 aliphatic carbocycles. The molecule has 24 heavy (non-hydrogen) atoms. The highest BCUT2D eigenvalue weighted by atomic mass is 16.5. The molecule has 1 amide bonds. The van der Waals surface area contributed by atoms with E-state index in [-0.39, 0.29) is 12.0 Å². The smallest absolute Gasteiger partial charge is 0.220 e. The second kappa shape index (κ2) is 8.65. The van der Waals surface area contributed by atoms with Crippen molar-refractivity contribution in [2.45, 2.75) is 38.2 Å². The zero-order chi connectivity index (χ0) is 16.6. The van der Waals surface area contributed by atoms with Crippen molar-refractivity contribution < 1.29 is 9.53 Å². The first-order valence-corrected chi connectivity index (χ1v) is 8.84. The van der Waals surface area contributed by atoms with Crippen LogP contribution in [0.15, 0.2) is 54.6 Å². The third kappa shape index (κ3) is 4.93. The number of amides is 1. The zero-order valence-electron chi connectivity index (χ0n) is 14.0.